The Morgan fingerprint density at radius 2 is 1.43 bits per heavy atom. The second kappa shape index (κ2) is 9.62. The molecule has 0 N–H and O–H groups in total. The van der Waals surface area contributed by atoms with Crippen molar-refractivity contribution < 1.29 is 22.4 Å². The van der Waals surface area contributed by atoms with Gasteiger partial charge in [0.25, 0.3) is 0 Å². The van der Waals surface area contributed by atoms with E-state index in [-0.39, 0.29) is 26.8 Å². The molecule has 0 aromatic heterocycles. The summed E-state index contributed by atoms with van der Waals surface area (Å²) in [7, 11) is -5.64. The van der Waals surface area contributed by atoms with E-state index in [0.29, 0.717) is 18.8 Å². The van der Waals surface area contributed by atoms with Gasteiger partial charge in [-0.1, -0.05) is 32.9 Å². The van der Waals surface area contributed by atoms with Crippen molar-refractivity contribution in [1.29, 1.82) is 0 Å². The summed E-state index contributed by atoms with van der Waals surface area (Å²) in [5.41, 5.74) is 0.494. The zero-order valence-electron chi connectivity index (χ0n) is 22.2. The van der Waals surface area contributed by atoms with Crippen molar-refractivity contribution in [2.24, 2.45) is 0 Å². The van der Waals surface area contributed by atoms with Crippen LogP contribution in [0.5, 0.6) is 5.75 Å². The standard InChI is InChI=1S/C27H39NO5SSi/c1-26(2,3)32-25(29)28-18-17-21(19-28)20-9-13-23(14-10-20)34(30,31)24-15-11-22(12-16-24)33-35(7,8)27(4,5)6/h9-16,21H,17-19H2,1-8H3. The zero-order chi connectivity index (χ0) is 26.2. The van der Waals surface area contributed by atoms with Crippen molar-refractivity contribution in [3.05, 3.63) is 54.1 Å². The molecule has 2 aromatic carbocycles. The van der Waals surface area contributed by atoms with Crippen molar-refractivity contribution in [1.82, 2.24) is 4.90 Å². The van der Waals surface area contributed by atoms with E-state index in [0.717, 1.165) is 12.0 Å². The zero-order valence-corrected chi connectivity index (χ0v) is 24.0. The molecule has 6 nitrogen and oxygen atoms in total. The molecule has 2 aromatic rings. The maximum atomic E-state index is 13.2. The molecule has 1 unspecified atom stereocenters. The topological polar surface area (TPSA) is 72.9 Å². The summed E-state index contributed by atoms with van der Waals surface area (Å²) >= 11 is 0. The molecule has 1 atom stereocenters. The van der Waals surface area contributed by atoms with Crippen LogP contribution in [0.15, 0.2) is 58.3 Å². The van der Waals surface area contributed by atoms with Crippen molar-refractivity contribution in [3.63, 3.8) is 0 Å². The van der Waals surface area contributed by atoms with Crippen LogP contribution in [0.3, 0.4) is 0 Å². The minimum absolute atomic E-state index is 0.0583. The molecule has 8 heteroatoms. The van der Waals surface area contributed by atoms with Gasteiger partial charge in [-0.05, 0) is 87.3 Å². The molecule has 35 heavy (non-hydrogen) atoms. The van der Waals surface area contributed by atoms with E-state index in [9.17, 15) is 13.2 Å². The number of amides is 1. The normalized spacial score (nSPS) is 17.4. The molecular formula is C27H39NO5SSi. The van der Waals surface area contributed by atoms with E-state index in [1.165, 1.54) is 0 Å². The lowest BCUT2D eigenvalue weighted by atomic mass is 9.99. The third-order valence-corrected chi connectivity index (χ3v) is 13.0. The largest absolute Gasteiger partial charge is 0.544 e. The maximum absolute atomic E-state index is 13.2. The maximum Gasteiger partial charge on any atom is 0.410 e. The van der Waals surface area contributed by atoms with Crippen LogP contribution in [0.25, 0.3) is 0 Å². The van der Waals surface area contributed by atoms with Crippen LogP contribution in [0.4, 0.5) is 4.79 Å². The first-order valence-corrected chi connectivity index (χ1v) is 16.5. The summed E-state index contributed by atoms with van der Waals surface area (Å²) in [6.45, 7) is 17.6. The molecule has 1 heterocycles. The highest BCUT2D eigenvalue weighted by Gasteiger charge is 2.39. The van der Waals surface area contributed by atoms with Crippen LogP contribution in [0, 0.1) is 0 Å². The van der Waals surface area contributed by atoms with Gasteiger partial charge >= 0.3 is 6.09 Å². The van der Waals surface area contributed by atoms with E-state index in [4.69, 9.17) is 9.16 Å². The van der Waals surface area contributed by atoms with Gasteiger partial charge in [0.15, 0.2) is 0 Å². The molecule has 1 aliphatic heterocycles. The SMILES string of the molecule is CC(C)(C)OC(=O)N1CCC(c2ccc(S(=O)(=O)c3ccc(O[Si](C)(C)C(C)(C)C)cc3)cc2)C1. The average Bonchev–Trinajstić information content (AvgIpc) is 3.22. The number of benzene rings is 2. The predicted molar refractivity (Wildman–Crippen MR) is 141 cm³/mol. The van der Waals surface area contributed by atoms with Gasteiger partial charge in [-0.2, -0.15) is 0 Å². The lowest BCUT2D eigenvalue weighted by Crippen LogP contribution is -2.43. The number of sulfone groups is 1. The minimum Gasteiger partial charge on any atom is -0.544 e. The second-order valence-corrected chi connectivity index (χ2v) is 18.5. The first-order chi connectivity index (χ1) is 16.0. The third kappa shape index (κ3) is 6.47. The van der Waals surface area contributed by atoms with Crippen molar-refractivity contribution in [2.45, 2.75) is 87.4 Å². The second-order valence-electron chi connectivity index (χ2n) is 11.8. The number of carbonyl (C=O) groups excluding carboxylic acids is 1. The van der Waals surface area contributed by atoms with Gasteiger partial charge in [-0.3, -0.25) is 0 Å². The number of ether oxygens (including phenoxy) is 1. The monoisotopic (exact) mass is 517 g/mol. The molecule has 1 aliphatic rings. The number of hydrogen-bond acceptors (Lipinski definition) is 5. The third-order valence-electron chi connectivity index (χ3n) is 6.81. The van der Waals surface area contributed by atoms with E-state index in [2.05, 4.69) is 33.9 Å². The summed E-state index contributed by atoms with van der Waals surface area (Å²) in [6.07, 6.45) is 0.515. The summed E-state index contributed by atoms with van der Waals surface area (Å²) < 4.78 is 38.1. The van der Waals surface area contributed by atoms with Gasteiger partial charge in [0.1, 0.15) is 11.4 Å². The van der Waals surface area contributed by atoms with Crippen molar-refractivity contribution in [3.8, 4) is 5.75 Å². The van der Waals surface area contributed by atoms with Crippen LogP contribution in [-0.4, -0.2) is 46.4 Å². The van der Waals surface area contributed by atoms with Gasteiger partial charge in [0, 0.05) is 19.0 Å². The van der Waals surface area contributed by atoms with Crippen LogP contribution >= 0.6 is 0 Å². The molecule has 0 saturated carbocycles. The Kier molecular flexibility index (Phi) is 7.49. The lowest BCUT2D eigenvalue weighted by molar-refractivity contribution is 0.0292. The Morgan fingerprint density at radius 1 is 0.914 bits per heavy atom. The Balaban J connectivity index is 1.69. The Hall–Kier alpha value is -2.32. The molecule has 192 valence electrons. The summed E-state index contributed by atoms with van der Waals surface area (Å²) in [6, 6.07) is 13.7. The van der Waals surface area contributed by atoms with Gasteiger partial charge in [0.2, 0.25) is 18.2 Å². The van der Waals surface area contributed by atoms with Crippen LogP contribution in [0.1, 0.15) is 59.4 Å². The lowest BCUT2D eigenvalue weighted by Gasteiger charge is -2.36. The fourth-order valence-electron chi connectivity index (χ4n) is 3.71. The highest BCUT2D eigenvalue weighted by Crippen LogP contribution is 2.37. The van der Waals surface area contributed by atoms with Gasteiger partial charge in [-0.25, -0.2) is 13.2 Å². The van der Waals surface area contributed by atoms with Gasteiger partial charge in [-0.15, -0.1) is 0 Å². The summed E-state index contributed by atoms with van der Waals surface area (Å²) in [5.74, 6) is 0.854. The van der Waals surface area contributed by atoms with E-state index in [1.807, 2.05) is 32.9 Å². The Morgan fingerprint density at radius 3 is 1.91 bits per heavy atom. The molecule has 0 aliphatic carbocycles. The van der Waals surface area contributed by atoms with Crippen molar-refractivity contribution in [2.75, 3.05) is 13.1 Å². The van der Waals surface area contributed by atoms with E-state index in [1.54, 1.807) is 41.3 Å². The van der Waals surface area contributed by atoms with Crippen LogP contribution < -0.4 is 4.43 Å². The quantitative estimate of drug-likeness (QED) is 0.416. The molecule has 0 radical (unpaired) electrons. The highest BCUT2D eigenvalue weighted by molar-refractivity contribution is 7.91. The number of likely N-dealkylation sites (tertiary alicyclic amines) is 1. The fourth-order valence-corrected chi connectivity index (χ4v) is 6.01. The molecule has 1 amide bonds. The highest BCUT2D eigenvalue weighted by atomic mass is 32.2. The number of nitrogens with zero attached hydrogens (tertiary/aromatic N) is 1. The first kappa shape index (κ1) is 27.3. The molecule has 1 saturated heterocycles. The first-order valence-electron chi connectivity index (χ1n) is 12.1. The number of rotatable bonds is 5. The van der Waals surface area contributed by atoms with E-state index < -0.39 is 23.8 Å². The van der Waals surface area contributed by atoms with Crippen LogP contribution in [-0.2, 0) is 14.6 Å². The Bertz CT molecular complexity index is 1140. The minimum atomic E-state index is -3.64. The molecule has 0 bridgehead atoms. The molecule has 1 fully saturated rings. The Labute approximate surface area is 211 Å². The van der Waals surface area contributed by atoms with Crippen LogP contribution in [0.2, 0.25) is 18.1 Å². The number of hydrogen-bond donors (Lipinski definition) is 0. The molecule has 0 spiro atoms. The van der Waals surface area contributed by atoms with E-state index >= 15 is 0 Å². The van der Waals surface area contributed by atoms with Gasteiger partial charge in [0.05, 0.1) is 9.79 Å². The molecular weight excluding hydrogens is 478 g/mol. The summed E-state index contributed by atoms with van der Waals surface area (Å²) in [4.78, 5) is 14.6. The smallest absolute Gasteiger partial charge is 0.410 e. The van der Waals surface area contributed by atoms with Gasteiger partial charge < -0.3 is 14.1 Å². The predicted octanol–water partition coefficient (Wildman–Crippen LogP) is 6.63. The van der Waals surface area contributed by atoms with Crippen molar-refractivity contribution >= 4 is 24.2 Å². The molecule has 3 rings (SSSR count). The fraction of sp³-hybridized carbons (Fsp3) is 0.519. The number of carbonyl (C=O) groups is 1. The summed E-state index contributed by atoms with van der Waals surface area (Å²) in [5, 5.41) is 0.0583. The average molecular weight is 518 g/mol.